The first-order valence-electron chi connectivity index (χ1n) is 6.37. The number of carbonyl (C=O) groups excluding carboxylic acids is 1. The Bertz CT molecular complexity index is 775. The zero-order valence-electron chi connectivity index (χ0n) is 11.0. The summed E-state index contributed by atoms with van der Waals surface area (Å²) in [6.07, 6.45) is 1.75. The highest BCUT2D eigenvalue weighted by atomic mass is 16.5. The van der Waals surface area contributed by atoms with Gasteiger partial charge in [0.1, 0.15) is 11.5 Å². The fourth-order valence-electron chi connectivity index (χ4n) is 2.13. The summed E-state index contributed by atoms with van der Waals surface area (Å²) in [5, 5.41) is 0.924. The average molecular weight is 263 g/mol. The van der Waals surface area contributed by atoms with E-state index in [0.717, 1.165) is 10.9 Å². The minimum atomic E-state index is -0.0149. The molecule has 1 aromatic heterocycles. The Labute approximate surface area is 116 Å². The van der Waals surface area contributed by atoms with Gasteiger partial charge in [0.2, 0.25) is 0 Å². The first-order valence-corrected chi connectivity index (χ1v) is 6.37. The van der Waals surface area contributed by atoms with Gasteiger partial charge in [0.15, 0.2) is 5.78 Å². The topological polar surface area (TPSA) is 39.2 Å². The third-order valence-electron chi connectivity index (χ3n) is 3.09. The summed E-state index contributed by atoms with van der Waals surface area (Å²) in [6, 6.07) is 16.8. The summed E-state index contributed by atoms with van der Waals surface area (Å²) in [5.74, 6) is 1.25. The molecule has 3 aromatic rings. The Morgan fingerprint density at radius 2 is 1.75 bits per heavy atom. The second-order valence-electron chi connectivity index (χ2n) is 4.48. The van der Waals surface area contributed by atoms with Crippen LogP contribution in [0.5, 0.6) is 11.5 Å². The second kappa shape index (κ2) is 5.13. The molecule has 0 aliphatic rings. The minimum absolute atomic E-state index is 0.0149. The molecular weight excluding hydrogens is 250 g/mol. The molecule has 0 atom stereocenters. The number of benzene rings is 2. The van der Waals surface area contributed by atoms with Crippen LogP contribution in [0.3, 0.4) is 0 Å². The number of Topliss-reactive ketones (excluding diaryl/α,β-unsaturated/α-hetero) is 1. The largest absolute Gasteiger partial charge is 0.456 e. The van der Waals surface area contributed by atoms with Crippen LogP contribution >= 0.6 is 0 Å². The number of aromatic nitrogens is 1. The molecule has 3 rings (SSSR count). The fraction of sp³-hybridized carbons (Fsp3) is 0.0588. The van der Waals surface area contributed by atoms with Crippen molar-refractivity contribution in [3.8, 4) is 11.5 Å². The lowest BCUT2D eigenvalue weighted by Gasteiger charge is -2.11. The summed E-state index contributed by atoms with van der Waals surface area (Å²) >= 11 is 0. The molecule has 2 aromatic carbocycles. The molecule has 1 heterocycles. The quantitative estimate of drug-likeness (QED) is 0.664. The van der Waals surface area contributed by atoms with Crippen LogP contribution in [-0.2, 0) is 0 Å². The van der Waals surface area contributed by atoms with Crippen LogP contribution in [0.15, 0.2) is 60.8 Å². The van der Waals surface area contributed by atoms with Gasteiger partial charge in [-0.05, 0) is 43.3 Å². The van der Waals surface area contributed by atoms with Crippen molar-refractivity contribution in [2.24, 2.45) is 0 Å². The number of hydrogen-bond donors (Lipinski definition) is 0. The summed E-state index contributed by atoms with van der Waals surface area (Å²) in [6.45, 7) is 1.53. The van der Waals surface area contributed by atoms with Gasteiger partial charge in [0, 0.05) is 11.6 Å². The predicted molar refractivity (Wildman–Crippen MR) is 78.3 cm³/mol. The zero-order chi connectivity index (χ0) is 13.9. The second-order valence-corrected chi connectivity index (χ2v) is 4.48. The first kappa shape index (κ1) is 12.4. The Balaban J connectivity index is 2.08. The standard InChI is InChI=1S/C17H13NO2/c1-12(19)13-6-2-3-9-16(13)20-17-10-4-8-15-14(17)7-5-11-18-15/h2-11H,1H3. The van der Waals surface area contributed by atoms with E-state index in [1.807, 2.05) is 42.5 Å². The van der Waals surface area contributed by atoms with Crippen molar-refractivity contribution in [2.75, 3.05) is 0 Å². The number of para-hydroxylation sites is 1. The summed E-state index contributed by atoms with van der Waals surface area (Å²) in [7, 11) is 0. The van der Waals surface area contributed by atoms with Crippen LogP contribution in [-0.4, -0.2) is 10.8 Å². The van der Waals surface area contributed by atoms with Crippen molar-refractivity contribution >= 4 is 16.7 Å². The summed E-state index contributed by atoms with van der Waals surface area (Å²) in [4.78, 5) is 15.9. The van der Waals surface area contributed by atoms with Crippen LogP contribution in [0, 0.1) is 0 Å². The first-order chi connectivity index (χ1) is 9.75. The maximum atomic E-state index is 11.6. The Kier molecular flexibility index (Phi) is 3.17. The minimum Gasteiger partial charge on any atom is -0.456 e. The number of ketones is 1. The van der Waals surface area contributed by atoms with Crippen LogP contribution in [0.2, 0.25) is 0 Å². The summed E-state index contributed by atoms with van der Waals surface area (Å²) < 4.78 is 5.92. The van der Waals surface area contributed by atoms with Gasteiger partial charge in [-0.15, -0.1) is 0 Å². The van der Waals surface area contributed by atoms with Gasteiger partial charge in [0.05, 0.1) is 11.1 Å². The van der Waals surface area contributed by atoms with Crippen LogP contribution in [0.4, 0.5) is 0 Å². The van der Waals surface area contributed by atoms with Crippen LogP contribution < -0.4 is 4.74 Å². The van der Waals surface area contributed by atoms with Crippen molar-refractivity contribution in [2.45, 2.75) is 6.92 Å². The van der Waals surface area contributed by atoms with E-state index in [1.54, 1.807) is 18.3 Å². The molecule has 98 valence electrons. The zero-order valence-corrected chi connectivity index (χ0v) is 11.0. The molecule has 3 heteroatoms. The molecule has 0 bridgehead atoms. The van der Waals surface area contributed by atoms with E-state index >= 15 is 0 Å². The van der Waals surface area contributed by atoms with Crippen LogP contribution in [0.1, 0.15) is 17.3 Å². The maximum absolute atomic E-state index is 11.6. The molecule has 0 saturated heterocycles. The Morgan fingerprint density at radius 3 is 2.60 bits per heavy atom. The fourth-order valence-corrected chi connectivity index (χ4v) is 2.13. The number of nitrogens with zero attached hydrogens (tertiary/aromatic N) is 1. The number of hydrogen-bond acceptors (Lipinski definition) is 3. The van der Waals surface area contributed by atoms with E-state index in [9.17, 15) is 4.79 Å². The molecule has 0 spiro atoms. The van der Waals surface area contributed by atoms with Gasteiger partial charge in [-0.3, -0.25) is 9.78 Å². The molecule has 0 aliphatic carbocycles. The van der Waals surface area contributed by atoms with E-state index in [2.05, 4.69) is 4.98 Å². The summed E-state index contributed by atoms with van der Waals surface area (Å²) in [5.41, 5.74) is 1.44. The number of pyridine rings is 1. The third-order valence-corrected chi connectivity index (χ3v) is 3.09. The highest BCUT2D eigenvalue weighted by molar-refractivity contribution is 5.97. The third kappa shape index (κ3) is 2.26. The molecule has 3 nitrogen and oxygen atoms in total. The normalized spacial score (nSPS) is 10.4. The molecular formula is C17H13NO2. The van der Waals surface area contributed by atoms with Gasteiger partial charge in [0.25, 0.3) is 0 Å². The molecule has 0 radical (unpaired) electrons. The molecule has 0 N–H and O–H groups in total. The number of carbonyl (C=O) groups is 1. The van der Waals surface area contributed by atoms with Crippen molar-refractivity contribution in [1.29, 1.82) is 0 Å². The van der Waals surface area contributed by atoms with Gasteiger partial charge >= 0.3 is 0 Å². The highest BCUT2D eigenvalue weighted by Gasteiger charge is 2.10. The number of fused-ring (bicyclic) bond motifs is 1. The van der Waals surface area contributed by atoms with E-state index in [1.165, 1.54) is 6.92 Å². The van der Waals surface area contributed by atoms with E-state index in [-0.39, 0.29) is 5.78 Å². The van der Waals surface area contributed by atoms with Crippen molar-refractivity contribution in [3.05, 3.63) is 66.4 Å². The van der Waals surface area contributed by atoms with Gasteiger partial charge in [-0.25, -0.2) is 0 Å². The number of rotatable bonds is 3. The van der Waals surface area contributed by atoms with E-state index in [0.29, 0.717) is 17.1 Å². The lowest BCUT2D eigenvalue weighted by atomic mass is 10.1. The molecule has 0 fully saturated rings. The number of ether oxygens (including phenoxy) is 1. The molecule has 0 amide bonds. The molecule has 0 saturated carbocycles. The van der Waals surface area contributed by atoms with E-state index < -0.39 is 0 Å². The highest BCUT2D eigenvalue weighted by Crippen LogP contribution is 2.30. The lowest BCUT2D eigenvalue weighted by Crippen LogP contribution is -1.97. The van der Waals surface area contributed by atoms with Crippen molar-refractivity contribution < 1.29 is 9.53 Å². The maximum Gasteiger partial charge on any atom is 0.163 e. The predicted octanol–water partition coefficient (Wildman–Crippen LogP) is 4.23. The molecule has 0 aliphatic heterocycles. The van der Waals surface area contributed by atoms with Gasteiger partial charge < -0.3 is 4.74 Å². The Morgan fingerprint density at radius 1 is 0.950 bits per heavy atom. The Hall–Kier alpha value is -2.68. The molecule has 20 heavy (non-hydrogen) atoms. The lowest BCUT2D eigenvalue weighted by molar-refractivity contribution is 0.101. The van der Waals surface area contributed by atoms with Crippen LogP contribution in [0.25, 0.3) is 10.9 Å². The smallest absolute Gasteiger partial charge is 0.163 e. The molecule has 0 unspecified atom stereocenters. The van der Waals surface area contributed by atoms with Crippen molar-refractivity contribution in [3.63, 3.8) is 0 Å². The SMILES string of the molecule is CC(=O)c1ccccc1Oc1cccc2ncccc12. The monoisotopic (exact) mass is 263 g/mol. The van der Waals surface area contributed by atoms with Gasteiger partial charge in [-0.1, -0.05) is 18.2 Å². The van der Waals surface area contributed by atoms with E-state index in [4.69, 9.17) is 4.74 Å². The van der Waals surface area contributed by atoms with Gasteiger partial charge in [-0.2, -0.15) is 0 Å². The average Bonchev–Trinajstić information content (AvgIpc) is 2.48. The van der Waals surface area contributed by atoms with Crippen molar-refractivity contribution in [1.82, 2.24) is 4.98 Å².